The van der Waals surface area contributed by atoms with Crippen LogP contribution < -0.4 is 10.9 Å². The zero-order valence-corrected chi connectivity index (χ0v) is 14.7. The Bertz CT molecular complexity index is 961. The molecule has 0 unspecified atom stereocenters. The zero-order valence-electron chi connectivity index (χ0n) is 13.1. The highest BCUT2D eigenvalue weighted by atomic mass is 32.2. The van der Waals surface area contributed by atoms with E-state index in [1.54, 1.807) is 19.2 Å². The Kier molecular flexibility index (Phi) is 4.59. The number of aromatic hydroxyl groups is 1. The van der Waals surface area contributed by atoms with E-state index in [1.807, 2.05) is 13.0 Å². The smallest absolute Gasteiger partial charge is 0.262 e. The fourth-order valence-electron chi connectivity index (χ4n) is 2.17. The summed E-state index contributed by atoms with van der Waals surface area (Å²) >= 11 is 2.68. The number of fused-ring (bicyclic) bond motifs is 1. The Morgan fingerprint density at radius 3 is 2.79 bits per heavy atom. The van der Waals surface area contributed by atoms with Gasteiger partial charge in [0.15, 0.2) is 5.16 Å². The second kappa shape index (κ2) is 6.66. The van der Waals surface area contributed by atoms with Gasteiger partial charge in [0.1, 0.15) is 10.6 Å². The van der Waals surface area contributed by atoms with Gasteiger partial charge >= 0.3 is 0 Å². The molecule has 0 atom stereocenters. The monoisotopic (exact) mass is 361 g/mol. The molecule has 0 fully saturated rings. The van der Waals surface area contributed by atoms with Crippen LogP contribution in [0.25, 0.3) is 10.2 Å². The minimum Gasteiger partial charge on any atom is -0.508 e. The van der Waals surface area contributed by atoms with Gasteiger partial charge in [-0.25, -0.2) is 4.98 Å². The first-order chi connectivity index (χ1) is 11.4. The zero-order chi connectivity index (χ0) is 17.3. The van der Waals surface area contributed by atoms with Crippen molar-refractivity contribution in [3.8, 4) is 5.75 Å². The maximum Gasteiger partial charge on any atom is 0.262 e. The van der Waals surface area contributed by atoms with E-state index in [1.165, 1.54) is 39.8 Å². The fourth-order valence-corrected chi connectivity index (χ4v) is 3.86. The molecule has 0 spiro atoms. The van der Waals surface area contributed by atoms with Crippen molar-refractivity contribution in [1.82, 2.24) is 9.55 Å². The number of aromatic nitrogens is 2. The van der Waals surface area contributed by atoms with Crippen molar-refractivity contribution in [2.75, 3.05) is 11.1 Å². The number of nitrogens with zero attached hydrogens (tertiary/aromatic N) is 2. The predicted molar refractivity (Wildman–Crippen MR) is 97.1 cm³/mol. The third-order valence-electron chi connectivity index (χ3n) is 3.34. The van der Waals surface area contributed by atoms with Gasteiger partial charge in [-0.2, -0.15) is 0 Å². The van der Waals surface area contributed by atoms with Gasteiger partial charge in [-0.05, 0) is 37.3 Å². The van der Waals surface area contributed by atoms with E-state index in [0.717, 1.165) is 4.88 Å². The summed E-state index contributed by atoms with van der Waals surface area (Å²) in [5, 5.41) is 13.1. The average molecular weight is 361 g/mol. The minimum atomic E-state index is -0.206. The van der Waals surface area contributed by atoms with Crippen molar-refractivity contribution in [2.24, 2.45) is 7.05 Å². The number of benzene rings is 1. The number of amides is 1. The largest absolute Gasteiger partial charge is 0.508 e. The fraction of sp³-hybridized carbons (Fsp3) is 0.188. The van der Waals surface area contributed by atoms with Crippen molar-refractivity contribution in [2.45, 2.75) is 12.1 Å². The van der Waals surface area contributed by atoms with E-state index in [0.29, 0.717) is 21.1 Å². The van der Waals surface area contributed by atoms with E-state index >= 15 is 0 Å². The van der Waals surface area contributed by atoms with Gasteiger partial charge in [-0.3, -0.25) is 14.2 Å². The third kappa shape index (κ3) is 3.44. The lowest BCUT2D eigenvalue weighted by atomic mass is 10.3. The second-order valence-corrected chi connectivity index (χ2v) is 7.40. The van der Waals surface area contributed by atoms with Gasteiger partial charge in [-0.1, -0.05) is 11.8 Å². The molecule has 124 valence electrons. The molecule has 0 bridgehead atoms. The third-order valence-corrected chi connectivity index (χ3v) is 5.31. The van der Waals surface area contributed by atoms with Crippen molar-refractivity contribution >= 4 is 44.9 Å². The first-order valence-electron chi connectivity index (χ1n) is 7.13. The Morgan fingerprint density at radius 2 is 2.08 bits per heavy atom. The number of nitrogens with one attached hydrogen (secondary N) is 1. The van der Waals surface area contributed by atoms with Gasteiger partial charge < -0.3 is 10.4 Å². The quantitative estimate of drug-likeness (QED) is 0.424. The molecule has 24 heavy (non-hydrogen) atoms. The molecule has 3 rings (SSSR count). The van der Waals surface area contributed by atoms with Crippen LogP contribution in [0, 0.1) is 6.92 Å². The second-order valence-electron chi connectivity index (χ2n) is 5.22. The highest BCUT2D eigenvalue weighted by Gasteiger charge is 2.13. The number of carbonyl (C=O) groups excluding carboxylic acids is 1. The molecule has 0 aliphatic heterocycles. The molecular weight excluding hydrogens is 346 g/mol. The summed E-state index contributed by atoms with van der Waals surface area (Å²) in [5.74, 6) is 0.0697. The van der Waals surface area contributed by atoms with Crippen LogP contribution in [0.15, 0.2) is 40.3 Å². The molecule has 1 amide bonds. The maximum absolute atomic E-state index is 12.3. The number of phenolic OH excluding ortho intramolecular Hbond substituents is 1. The van der Waals surface area contributed by atoms with E-state index in [2.05, 4.69) is 10.3 Å². The summed E-state index contributed by atoms with van der Waals surface area (Å²) in [6, 6.07) is 8.07. The number of thioether (sulfide) groups is 1. The number of rotatable bonds is 4. The molecule has 0 aliphatic carbocycles. The highest BCUT2D eigenvalue weighted by molar-refractivity contribution is 7.99. The summed E-state index contributed by atoms with van der Waals surface area (Å²) in [5.41, 5.74) is 0.496. The molecule has 6 nitrogen and oxygen atoms in total. The van der Waals surface area contributed by atoms with Crippen LogP contribution in [0.1, 0.15) is 4.88 Å². The van der Waals surface area contributed by atoms with Crippen LogP contribution in [0.5, 0.6) is 5.75 Å². The number of carbonyl (C=O) groups is 1. The van der Waals surface area contributed by atoms with Gasteiger partial charge in [0.2, 0.25) is 5.91 Å². The van der Waals surface area contributed by atoms with E-state index in [4.69, 9.17) is 0 Å². The van der Waals surface area contributed by atoms with Crippen LogP contribution in [-0.4, -0.2) is 26.3 Å². The summed E-state index contributed by atoms with van der Waals surface area (Å²) < 4.78 is 1.47. The van der Waals surface area contributed by atoms with Crippen LogP contribution in [-0.2, 0) is 11.8 Å². The molecule has 0 radical (unpaired) electrons. The number of aryl methyl sites for hydroxylation is 1. The summed E-state index contributed by atoms with van der Waals surface area (Å²) in [4.78, 5) is 30.5. The number of anilines is 1. The van der Waals surface area contributed by atoms with Gasteiger partial charge in [0.25, 0.3) is 5.56 Å². The first kappa shape index (κ1) is 16.5. The van der Waals surface area contributed by atoms with Crippen molar-refractivity contribution in [3.05, 3.63) is 45.6 Å². The molecule has 3 aromatic rings. The Balaban J connectivity index is 1.73. The summed E-state index contributed by atoms with van der Waals surface area (Å²) in [6.07, 6.45) is 0. The van der Waals surface area contributed by atoms with Crippen molar-refractivity contribution < 1.29 is 9.90 Å². The standard InChI is InChI=1S/C16H15N3O3S2/c1-9-7-12-14(24-9)18-16(19(2)15(12)22)23-8-13(21)17-10-3-5-11(20)6-4-10/h3-7,20H,8H2,1-2H3,(H,17,21). The SMILES string of the molecule is Cc1cc2c(=O)n(C)c(SCC(=O)Nc3ccc(O)cc3)nc2s1. The molecular formula is C16H15N3O3S2. The molecule has 1 aromatic carbocycles. The van der Waals surface area contributed by atoms with Gasteiger partial charge in [-0.15, -0.1) is 11.3 Å². The van der Waals surface area contributed by atoms with Crippen LogP contribution in [0.3, 0.4) is 0 Å². The molecule has 2 aromatic heterocycles. The van der Waals surface area contributed by atoms with E-state index in [9.17, 15) is 14.7 Å². The highest BCUT2D eigenvalue weighted by Crippen LogP contribution is 2.23. The number of phenols is 1. The van der Waals surface area contributed by atoms with E-state index < -0.39 is 0 Å². The molecule has 8 heteroatoms. The maximum atomic E-state index is 12.3. The van der Waals surface area contributed by atoms with Crippen molar-refractivity contribution in [3.63, 3.8) is 0 Å². The molecule has 0 saturated carbocycles. The first-order valence-corrected chi connectivity index (χ1v) is 8.93. The predicted octanol–water partition coefficient (Wildman–Crippen LogP) is 2.74. The summed E-state index contributed by atoms with van der Waals surface area (Å²) in [6.45, 7) is 1.93. The number of hydrogen-bond donors (Lipinski definition) is 2. The lowest BCUT2D eigenvalue weighted by molar-refractivity contribution is -0.113. The Hall–Kier alpha value is -2.32. The lowest BCUT2D eigenvalue weighted by Crippen LogP contribution is -2.20. The Labute approximate surface area is 146 Å². The van der Waals surface area contributed by atoms with Crippen LogP contribution in [0.2, 0.25) is 0 Å². The number of thiophene rings is 1. The normalized spacial score (nSPS) is 10.9. The Morgan fingerprint density at radius 1 is 1.38 bits per heavy atom. The number of hydrogen-bond acceptors (Lipinski definition) is 6. The lowest BCUT2D eigenvalue weighted by Gasteiger charge is -2.08. The minimum absolute atomic E-state index is 0.106. The summed E-state index contributed by atoms with van der Waals surface area (Å²) in [7, 11) is 1.65. The van der Waals surface area contributed by atoms with Crippen molar-refractivity contribution in [1.29, 1.82) is 0 Å². The van der Waals surface area contributed by atoms with Gasteiger partial charge in [0, 0.05) is 17.6 Å². The average Bonchev–Trinajstić information content (AvgIpc) is 2.92. The van der Waals surface area contributed by atoms with Crippen LogP contribution in [0.4, 0.5) is 5.69 Å². The van der Waals surface area contributed by atoms with E-state index in [-0.39, 0.29) is 23.0 Å². The molecule has 0 saturated heterocycles. The molecule has 0 aliphatic rings. The van der Waals surface area contributed by atoms with Gasteiger partial charge in [0.05, 0.1) is 11.1 Å². The molecule has 2 heterocycles. The topological polar surface area (TPSA) is 84.2 Å². The van der Waals surface area contributed by atoms with Crippen LogP contribution >= 0.6 is 23.1 Å². The molecule has 2 N–H and O–H groups in total.